The maximum Gasteiger partial charge on any atom is 0.167 e. The minimum Gasteiger partial charge on any atom is -0.491 e. The fourth-order valence-electron chi connectivity index (χ4n) is 2.36. The van der Waals surface area contributed by atoms with Crippen LogP contribution in [0.1, 0.15) is 22.8 Å². The van der Waals surface area contributed by atoms with Gasteiger partial charge in [0.25, 0.3) is 0 Å². The Balaban J connectivity index is 1.50. The zero-order valence-corrected chi connectivity index (χ0v) is 15.1. The van der Waals surface area contributed by atoms with Crippen molar-refractivity contribution in [3.8, 4) is 11.5 Å². The van der Waals surface area contributed by atoms with Crippen LogP contribution in [0.5, 0.6) is 11.5 Å². The number of ether oxygens (including phenoxy) is 4. The minimum atomic E-state index is 0.0417. The summed E-state index contributed by atoms with van der Waals surface area (Å²) in [5.74, 6) is 1.60. The van der Waals surface area contributed by atoms with Crippen molar-refractivity contribution in [1.29, 1.82) is 0 Å². The molecule has 138 valence electrons. The lowest BCUT2D eigenvalue weighted by Crippen LogP contribution is -2.15. The van der Waals surface area contributed by atoms with Crippen molar-refractivity contribution >= 4 is 5.78 Å². The van der Waals surface area contributed by atoms with Gasteiger partial charge in [-0.05, 0) is 48.9 Å². The molecule has 2 aromatic carbocycles. The standard InChI is InChI=1S/C21H24O5/c1-15(23-2)12-24-18-7-3-16(4-8-18)11-21(22)17-5-9-19(10-6-17)25-13-20-14-26-20/h3-10,15,20H,11-14H2,1-2H3. The Bertz CT molecular complexity index is 704. The molecule has 1 aliphatic heterocycles. The Kier molecular flexibility index (Phi) is 6.26. The van der Waals surface area contributed by atoms with Crippen molar-refractivity contribution in [2.24, 2.45) is 0 Å². The summed E-state index contributed by atoms with van der Waals surface area (Å²) in [5, 5.41) is 0. The van der Waals surface area contributed by atoms with E-state index < -0.39 is 0 Å². The number of epoxide rings is 1. The molecular formula is C21H24O5. The Labute approximate surface area is 153 Å². The van der Waals surface area contributed by atoms with Gasteiger partial charge in [0.15, 0.2) is 5.78 Å². The first kappa shape index (κ1) is 18.4. The van der Waals surface area contributed by atoms with Crippen molar-refractivity contribution < 1.29 is 23.7 Å². The van der Waals surface area contributed by atoms with Crippen LogP contribution < -0.4 is 9.47 Å². The third kappa shape index (κ3) is 5.58. The molecule has 2 unspecified atom stereocenters. The highest BCUT2D eigenvalue weighted by atomic mass is 16.6. The minimum absolute atomic E-state index is 0.0417. The third-order valence-corrected chi connectivity index (χ3v) is 4.19. The summed E-state index contributed by atoms with van der Waals surface area (Å²) in [4.78, 5) is 12.4. The van der Waals surface area contributed by atoms with Gasteiger partial charge >= 0.3 is 0 Å². The molecule has 2 atom stereocenters. The quantitative estimate of drug-likeness (QED) is 0.483. The molecule has 0 spiro atoms. The van der Waals surface area contributed by atoms with Gasteiger partial charge in [-0.2, -0.15) is 0 Å². The van der Waals surface area contributed by atoms with Crippen molar-refractivity contribution in [3.63, 3.8) is 0 Å². The molecule has 1 aliphatic rings. The zero-order valence-electron chi connectivity index (χ0n) is 15.1. The van der Waals surface area contributed by atoms with E-state index in [0.29, 0.717) is 25.2 Å². The van der Waals surface area contributed by atoms with E-state index >= 15 is 0 Å². The van der Waals surface area contributed by atoms with Crippen LogP contribution in [-0.2, 0) is 15.9 Å². The molecule has 2 aromatic rings. The van der Waals surface area contributed by atoms with Crippen LogP contribution >= 0.6 is 0 Å². The lowest BCUT2D eigenvalue weighted by Gasteiger charge is -2.11. The Morgan fingerprint density at radius 3 is 2.31 bits per heavy atom. The molecule has 1 fully saturated rings. The van der Waals surface area contributed by atoms with E-state index in [-0.39, 0.29) is 18.0 Å². The maximum absolute atomic E-state index is 12.4. The number of carbonyl (C=O) groups excluding carboxylic acids is 1. The number of rotatable bonds is 10. The number of methoxy groups -OCH3 is 1. The van der Waals surface area contributed by atoms with Gasteiger partial charge < -0.3 is 18.9 Å². The number of carbonyl (C=O) groups is 1. The first-order valence-corrected chi connectivity index (χ1v) is 8.76. The SMILES string of the molecule is COC(C)COc1ccc(CC(=O)c2ccc(OCC3CO3)cc2)cc1. The lowest BCUT2D eigenvalue weighted by molar-refractivity contribution is 0.0716. The topological polar surface area (TPSA) is 57.3 Å². The largest absolute Gasteiger partial charge is 0.491 e. The lowest BCUT2D eigenvalue weighted by atomic mass is 10.0. The van der Waals surface area contributed by atoms with Crippen LogP contribution in [-0.4, -0.2) is 44.9 Å². The van der Waals surface area contributed by atoms with Crippen LogP contribution in [0.4, 0.5) is 0 Å². The highest BCUT2D eigenvalue weighted by Crippen LogP contribution is 2.18. The number of Topliss-reactive ketones (excluding diaryl/α,β-unsaturated/α-hetero) is 1. The molecule has 0 saturated carbocycles. The molecule has 1 heterocycles. The summed E-state index contributed by atoms with van der Waals surface area (Å²) in [6, 6.07) is 14.8. The molecule has 0 aliphatic carbocycles. The monoisotopic (exact) mass is 356 g/mol. The Morgan fingerprint density at radius 2 is 1.69 bits per heavy atom. The summed E-state index contributed by atoms with van der Waals surface area (Å²) < 4.78 is 21.5. The molecule has 26 heavy (non-hydrogen) atoms. The van der Waals surface area contributed by atoms with Crippen molar-refractivity contribution in [1.82, 2.24) is 0 Å². The molecule has 0 bridgehead atoms. The summed E-state index contributed by atoms with van der Waals surface area (Å²) >= 11 is 0. The van der Waals surface area contributed by atoms with Gasteiger partial charge in [-0.1, -0.05) is 12.1 Å². The second kappa shape index (κ2) is 8.83. The number of hydrogen-bond donors (Lipinski definition) is 0. The maximum atomic E-state index is 12.4. The van der Waals surface area contributed by atoms with Crippen LogP contribution in [0.15, 0.2) is 48.5 Å². The molecule has 3 rings (SSSR count). The summed E-state index contributed by atoms with van der Waals surface area (Å²) in [7, 11) is 1.66. The van der Waals surface area contributed by atoms with Gasteiger partial charge in [-0.15, -0.1) is 0 Å². The predicted octanol–water partition coefficient (Wildman–Crippen LogP) is 3.30. The van der Waals surface area contributed by atoms with E-state index in [9.17, 15) is 4.79 Å². The molecular weight excluding hydrogens is 332 g/mol. The van der Waals surface area contributed by atoms with E-state index in [4.69, 9.17) is 18.9 Å². The third-order valence-electron chi connectivity index (χ3n) is 4.19. The smallest absolute Gasteiger partial charge is 0.167 e. The fourth-order valence-corrected chi connectivity index (χ4v) is 2.36. The van der Waals surface area contributed by atoms with Crippen LogP contribution in [0.25, 0.3) is 0 Å². The fraction of sp³-hybridized carbons (Fsp3) is 0.381. The molecule has 0 radical (unpaired) electrons. The van der Waals surface area contributed by atoms with Crippen LogP contribution in [0.3, 0.4) is 0 Å². The molecule has 1 saturated heterocycles. The van der Waals surface area contributed by atoms with E-state index in [1.165, 1.54) is 0 Å². The van der Waals surface area contributed by atoms with E-state index in [1.54, 1.807) is 19.2 Å². The van der Waals surface area contributed by atoms with Gasteiger partial charge in [0, 0.05) is 19.1 Å². The second-order valence-corrected chi connectivity index (χ2v) is 6.39. The summed E-state index contributed by atoms with van der Waals surface area (Å²) in [6.45, 7) is 3.77. The van der Waals surface area contributed by atoms with Crippen LogP contribution in [0.2, 0.25) is 0 Å². The second-order valence-electron chi connectivity index (χ2n) is 6.39. The highest BCUT2D eigenvalue weighted by Gasteiger charge is 2.23. The van der Waals surface area contributed by atoms with Crippen LogP contribution in [0, 0.1) is 0 Å². The van der Waals surface area contributed by atoms with Crippen molar-refractivity contribution in [2.75, 3.05) is 26.9 Å². The van der Waals surface area contributed by atoms with Crippen molar-refractivity contribution in [3.05, 3.63) is 59.7 Å². The van der Waals surface area contributed by atoms with Crippen molar-refractivity contribution in [2.45, 2.75) is 25.6 Å². The molecule has 0 amide bonds. The van der Waals surface area contributed by atoms with Gasteiger partial charge in [0.05, 0.1) is 12.7 Å². The average molecular weight is 356 g/mol. The molecule has 0 N–H and O–H groups in total. The van der Waals surface area contributed by atoms with E-state index in [0.717, 1.165) is 23.7 Å². The molecule has 5 heteroatoms. The summed E-state index contributed by atoms with van der Waals surface area (Å²) in [6.07, 6.45) is 0.617. The first-order chi connectivity index (χ1) is 12.6. The summed E-state index contributed by atoms with van der Waals surface area (Å²) in [5.41, 5.74) is 1.63. The van der Waals surface area contributed by atoms with E-state index in [1.807, 2.05) is 43.3 Å². The molecule has 5 nitrogen and oxygen atoms in total. The van der Waals surface area contributed by atoms with Gasteiger partial charge in [-0.25, -0.2) is 0 Å². The Morgan fingerprint density at radius 1 is 1.08 bits per heavy atom. The van der Waals surface area contributed by atoms with Gasteiger partial charge in [0.1, 0.15) is 30.8 Å². The predicted molar refractivity (Wildman–Crippen MR) is 98.1 cm³/mol. The van der Waals surface area contributed by atoms with Gasteiger partial charge in [0.2, 0.25) is 0 Å². The normalized spacial score (nSPS) is 16.8. The molecule has 0 aromatic heterocycles. The first-order valence-electron chi connectivity index (χ1n) is 8.76. The zero-order chi connectivity index (χ0) is 18.4. The average Bonchev–Trinajstić information content (AvgIpc) is 3.50. The van der Waals surface area contributed by atoms with Gasteiger partial charge in [-0.3, -0.25) is 4.79 Å². The van der Waals surface area contributed by atoms with E-state index in [2.05, 4.69) is 0 Å². The Hall–Kier alpha value is -2.37. The number of benzene rings is 2. The number of ketones is 1. The number of hydrogen-bond acceptors (Lipinski definition) is 5. The highest BCUT2D eigenvalue weighted by molar-refractivity contribution is 5.97.